The van der Waals surface area contributed by atoms with Crippen LogP contribution in [-0.2, 0) is 10.2 Å². The van der Waals surface area contributed by atoms with Gasteiger partial charge < -0.3 is 9.64 Å². The van der Waals surface area contributed by atoms with Gasteiger partial charge in [-0.25, -0.2) is 4.72 Å². The van der Waals surface area contributed by atoms with Crippen molar-refractivity contribution < 1.29 is 18.6 Å². The number of para-hydroxylation sites is 1. The largest absolute Gasteiger partial charge is 0.490 e. The second-order valence-electron chi connectivity index (χ2n) is 8.22. The average Bonchev–Trinajstić information content (AvgIpc) is 2.94. The number of hydrogen-bond acceptors (Lipinski definition) is 5. The van der Waals surface area contributed by atoms with Gasteiger partial charge in [0.1, 0.15) is 17.9 Å². The highest BCUT2D eigenvalue weighted by atomic mass is 32.3. The summed E-state index contributed by atoms with van der Waals surface area (Å²) >= 11 is 0. The lowest BCUT2D eigenvalue weighted by molar-refractivity contribution is -0.134. The van der Waals surface area contributed by atoms with Crippen LogP contribution in [0.3, 0.4) is 0 Å². The van der Waals surface area contributed by atoms with Crippen molar-refractivity contribution in [3.8, 4) is 5.75 Å². The first-order valence-corrected chi connectivity index (χ1v) is 11.0. The molecule has 0 radical (unpaired) electrons. The normalized spacial score (nSPS) is 25.1. The Bertz CT molecular complexity index is 651. The van der Waals surface area contributed by atoms with E-state index < -0.39 is 16.8 Å². The number of likely N-dealkylation sites (tertiary alicyclic amines) is 1. The Morgan fingerprint density at radius 2 is 1.85 bits per heavy atom. The number of rotatable bonds is 3. The Balaban J connectivity index is 1.56. The second-order valence-corrected chi connectivity index (χ2v) is 10.2. The van der Waals surface area contributed by atoms with Crippen LogP contribution in [0, 0.1) is 0 Å². The van der Waals surface area contributed by atoms with Crippen LogP contribution >= 0.6 is 10.8 Å². The first kappa shape index (κ1) is 19.5. The second kappa shape index (κ2) is 7.38. The number of hydrogen-bond donors (Lipinski definition) is 3. The molecule has 0 saturated carbocycles. The van der Waals surface area contributed by atoms with E-state index in [4.69, 9.17) is 4.74 Å². The van der Waals surface area contributed by atoms with Crippen LogP contribution in [0.1, 0.15) is 45.6 Å². The summed E-state index contributed by atoms with van der Waals surface area (Å²) in [5.41, 5.74) is 1.21. The molecule has 146 valence electrons. The van der Waals surface area contributed by atoms with Crippen LogP contribution in [-0.4, -0.2) is 50.9 Å². The summed E-state index contributed by atoms with van der Waals surface area (Å²) in [6.07, 6.45) is 2.15. The van der Waals surface area contributed by atoms with Gasteiger partial charge in [0, 0.05) is 25.9 Å². The Labute approximate surface area is 157 Å². The van der Waals surface area contributed by atoms with Crippen molar-refractivity contribution >= 4 is 16.7 Å². The molecule has 6 nitrogen and oxygen atoms in total. The molecule has 0 aliphatic carbocycles. The molecule has 0 spiro atoms. The zero-order valence-corrected chi connectivity index (χ0v) is 16.6. The number of nitrogens with one attached hydrogen (secondary N) is 1. The molecular weight excluding hydrogens is 352 g/mol. The lowest BCUT2D eigenvalue weighted by atomic mass is 9.86. The zero-order valence-electron chi connectivity index (χ0n) is 15.8. The maximum atomic E-state index is 12.6. The Hall–Kier alpha value is -1.28. The molecule has 2 aliphatic heterocycles. The third-order valence-corrected chi connectivity index (χ3v) is 6.53. The minimum Gasteiger partial charge on any atom is -0.490 e. The maximum Gasteiger partial charge on any atom is 0.241 e. The fourth-order valence-electron chi connectivity index (χ4n) is 3.58. The minimum atomic E-state index is -2.77. The molecule has 2 saturated heterocycles. The van der Waals surface area contributed by atoms with Gasteiger partial charge in [-0.2, -0.15) is 0 Å². The van der Waals surface area contributed by atoms with Crippen molar-refractivity contribution in [2.75, 3.05) is 18.8 Å². The van der Waals surface area contributed by atoms with E-state index in [-0.39, 0.29) is 23.2 Å². The highest BCUT2D eigenvalue weighted by Crippen LogP contribution is 2.41. The summed E-state index contributed by atoms with van der Waals surface area (Å²) in [5, 5.41) is 0. The van der Waals surface area contributed by atoms with E-state index >= 15 is 0 Å². The van der Waals surface area contributed by atoms with Gasteiger partial charge in [0.05, 0.1) is 5.75 Å². The molecule has 3 rings (SSSR count). The van der Waals surface area contributed by atoms with Gasteiger partial charge in [-0.15, -0.1) is 10.8 Å². The summed E-state index contributed by atoms with van der Waals surface area (Å²) in [7, 11) is -2.77. The summed E-state index contributed by atoms with van der Waals surface area (Å²) in [6.45, 7) is 7.80. The van der Waals surface area contributed by atoms with Crippen molar-refractivity contribution in [3.05, 3.63) is 29.8 Å². The predicted molar refractivity (Wildman–Crippen MR) is 105 cm³/mol. The Morgan fingerprint density at radius 1 is 1.19 bits per heavy atom. The van der Waals surface area contributed by atoms with Gasteiger partial charge in [-0.05, 0) is 23.5 Å². The highest BCUT2D eigenvalue weighted by molar-refractivity contribution is 8.22. The fraction of sp³-hybridized carbons (Fsp3) is 0.632. The van der Waals surface area contributed by atoms with Crippen LogP contribution in [0.4, 0.5) is 0 Å². The molecule has 1 atom stereocenters. The minimum absolute atomic E-state index is 0.0187. The zero-order chi connectivity index (χ0) is 18.9. The highest BCUT2D eigenvalue weighted by Gasteiger charge is 2.36. The average molecular weight is 383 g/mol. The van der Waals surface area contributed by atoms with E-state index in [1.165, 1.54) is 5.56 Å². The molecule has 7 heteroatoms. The van der Waals surface area contributed by atoms with Crippen LogP contribution in [0.25, 0.3) is 0 Å². The molecule has 3 N–H and O–H groups in total. The van der Waals surface area contributed by atoms with Gasteiger partial charge in [0.15, 0.2) is 0 Å². The van der Waals surface area contributed by atoms with Crippen LogP contribution in [0.15, 0.2) is 24.3 Å². The summed E-state index contributed by atoms with van der Waals surface area (Å²) in [5.74, 6) is 1.15. The third kappa shape index (κ3) is 4.52. The number of carbonyl (C=O) groups is 1. The topological polar surface area (TPSA) is 82.0 Å². The number of carbonyl (C=O) groups excluding carboxylic acids is 1. The van der Waals surface area contributed by atoms with Crippen molar-refractivity contribution in [3.63, 3.8) is 0 Å². The third-order valence-electron chi connectivity index (χ3n) is 5.06. The molecule has 0 bridgehead atoms. The maximum absolute atomic E-state index is 12.6. The van der Waals surface area contributed by atoms with Gasteiger partial charge in [0.25, 0.3) is 0 Å². The predicted octanol–water partition coefficient (Wildman–Crippen LogP) is 3.38. The van der Waals surface area contributed by atoms with Gasteiger partial charge in [0.2, 0.25) is 5.91 Å². The Kier molecular flexibility index (Phi) is 5.53. The first-order chi connectivity index (χ1) is 12.2. The Morgan fingerprint density at radius 3 is 2.42 bits per heavy atom. The summed E-state index contributed by atoms with van der Waals surface area (Å²) in [6, 6.07) is 7.68. The van der Waals surface area contributed by atoms with E-state index in [1.807, 2.05) is 23.1 Å². The summed E-state index contributed by atoms with van der Waals surface area (Å²) in [4.78, 5) is 14.4. The van der Waals surface area contributed by atoms with Gasteiger partial charge >= 0.3 is 0 Å². The standard InChI is InChI=1S/C19H30N2O4S/c1-19(2,3)15-6-4-5-7-17(15)25-14-8-11-21(12-9-14)18(22)16-10-13-26(23,24)20-16/h4-7,14,16,20,23-24H,8-13H2,1-3H3. The van der Waals surface area contributed by atoms with Gasteiger partial charge in [-0.1, -0.05) is 39.0 Å². The molecule has 1 aromatic rings. The molecule has 26 heavy (non-hydrogen) atoms. The number of nitrogens with zero attached hydrogens (tertiary/aromatic N) is 1. The van der Waals surface area contributed by atoms with Crippen LogP contribution in [0.2, 0.25) is 0 Å². The first-order valence-electron chi connectivity index (χ1n) is 9.24. The molecule has 1 aromatic carbocycles. The summed E-state index contributed by atoms with van der Waals surface area (Å²) < 4.78 is 28.2. The lowest BCUT2D eigenvalue weighted by Crippen LogP contribution is -2.48. The van der Waals surface area contributed by atoms with E-state index in [9.17, 15) is 13.9 Å². The molecule has 1 unspecified atom stereocenters. The lowest BCUT2D eigenvalue weighted by Gasteiger charge is -2.35. The fourth-order valence-corrected chi connectivity index (χ4v) is 4.94. The molecule has 2 aliphatic rings. The number of piperidine rings is 1. The molecule has 2 fully saturated rings. The molecular formula is C19H30N2O4S. The monoisotopic (exact) mass is 382 g/mol. The van der Waals surface area contributed by atoms with Crippen LogP contribution < -0.4 is 9.46 Å². The number of amides is 1. The van der Waals surface area contributed by atoms with Crippen molar-refractivity contribution in [2.24, 2.45) is 0 Å². The van der Waals surface area contributed by atoms with E-state index in [0.29, 0.717) is 19.5 Å². The molecule has 0 aromatic heterocycles. The SMILES string of the molecule is CC(C)(C)c1ccccc1OC1CCN(C(=O)C2CCS(O)(O)N2)CC1. The van der Waals surface area contributed by atoms with Crippen molar-refractivity contribution in [1.82, 2.24) is 9.62 Å². The smallest absolute Gasteiger partial charge is 0.241 e. The molecule has 2 heterocycles. The molecule has 1 amide bonds. The van der Waals surface area contributed by atoms with E-state index in [1.54, 1.807) is 0 Å². The van der Waals surface area contributed by atoms with Crippen molar-refractivity contribution in [1.29, 1.82) is 0 Å². The van der Waals surface area contributed by atoms with Crippen molar-refractivity contribution in [2.45, 2.75) is 57.6 Å². The van der Waals surface area contributed by atoms with E-state index in [2.05, 4.69) is 31.6 Å². The van der Waals surface area contributed by atoms with E-state index in [0.717, 1.165) is 18.6 Å². The quantitative estimate of drug-likeness (QED) is 0.747. The number of ether oxygens (including phenoxy) is 1. The van der Waals surface area contributed by atoms with Gasteiger partial charge in [-0.3, -0.25) is 13.9 Å². The van der Waals surface area contributed by atoms with Crippen LogP contribution in [0.5, 0.6) is 5.75 Å². The number of benzene rings is 1.